The molecule has 3 aromatic rings. The molecule has 2 N–H and O–H groups in total. The first-order valence-electron chi connectivity index (χ1n) is 12.1. The average molecular weight is 522 g/mol. The molecule has 1 fully saturated rings. The van der Waals surface area contributed by atoms with Crippen LogP contribution in [0.25, 0.3) is 0 Å². The van der Waals surface area contributed by atoms with Crippen molar-refractivity contribution in [3.63, 3.8) is 0 Å². The Labute approximate surface area is 222 Å². The van der Waals surface area contributed by atoms with Crippen molar-refractivity contribution in [3.8, 4) is 11.6 Å². The van der Waals surface area contributed by atoms with Crippen LogP contribution in [-0.4, -0.2) is 79.5 Å². The summed E-state index contributed by atoms with van der Waals surface area (Å²) in [6.07, 6.45) is 4.79. The summed E-state index contributed by atoms with van der Waals surface area (Å²) in [6.45, 7) is 4.83. The maximum Gasteiger partial charge on any atom is 0.248 e. The molecule has 1 saturated heterocycles. The molecule has 1 aliphatic heterocycles. The number of amides is 1. The van der Waals surface area contributed by atoms with Gasteiger partial charge < -0.3 is 30.1 Å². The number of hydrogen-bond donors (Lipinski definition) is 2. The third kappa shape index (κ3) is 7.91. The predicted octanol–water partition coefficient (Wildman–Crippen LogP) is 4.47. The van der Waals surface area contributed by atoms with Crippen LogP contribution in [0.3, 0.4) is 0 Å². The number of rotatable bonds is 9. The fourth-order valence-electron chi connectivity index (χ4n) is 3.74. The Morgan fingerprint density at radius 2 is 1.86 bits per heavy atom. The van der Waals surface area contributed by atoms with E-state index in [-0.39, 0.29) is 16.8 Å². The molecule has 1 aromatic heterocycles. The minimum atomic E-state index is -0.218. The number of piperazine rings is 1. The van der Waals surface area contributed by atoms with Gasteiger partial charge in [0.1, 0.15) is 10.8 Å². The summed E-state index contributed by atoms with van der Waals surface area (Å²) in [5.41, 5.74) is 2.65. The number of benzene rings is 2. The smallest absolute Gasteiger partial charge is 0.248 e. The lowest BCUT2D eigenvalue weighted by Gasteiger charge is -2.34. The summed E-state index contributed by atoms with van der Waals surface area (Å²) in [4.78, 5) is 27.5. The van der Waals surface area contributed by atoms with E-state index in [0.717, 1.165) is 31.9 Å². The molecule has 2 aromatic carbocycles. The van der Waals surface area contributed by atoms with Gasteiger partial charge in [0.2, 0.25) is 17.7 Å². The highest BCUT2D eigenvalue weighted by molar-refractivity contribution is 6.31. The molecule has 10 heteroatoms. The van der Waals surface area contributed by atoms with Gasteiger partial charge >= 0.3 is 0 Å². The number of anilines is 4. The Hall–Kier alpha value is -3.66. The zero-order valence-corrected chi connectivity index (χ0v) is 22.1. The molecule has 0 saturated carbocycles. The van der Waals surface area contributed by atoms with E-state index in [4.69, 9.17) is 16.3 Å². The Kier molecular flexibility index (Phi) is 8.95. The number of halogens is 1. The van der Waals surface area contributed by atoms with Gasteiger partial charge in [-0.05, 0) is 57.5 Å². The molecule has 9 nitrogen and oxygen atoms in total. The van der Waals surface area contributed by atoms with E-state index in [2.05, 4.69) is 49.6 Å². The van der Waals surface area contributed by atoms with Crippen LogP contribution in [0.2, 0.25) is 5.02 Å². The van der Waals surface area contributed by atoms with E-state index < -0.39 is 0 Å². The molecule has 0 aliphatic carbocycles. The Morgan fingerprint density at radius 1 is 1.11 bits per heavy atom. The number of carbonyl (C=O) groups is 1. The zero-order valence-electron chi connectivity index (χ0n) is 21.3. The SMILES string of the molecule is CN(C)C/C=C/C(=O)Nc1cccc(Oc2nc(Nc3ccc(N4CCN(C)CC4)cc3)ncc2Cl)c1. The molecule has 0 bridgehead atoms. The fraction of sp³-hybridized carbons (Fsp3) is 0.296. The Morgan fingerprint density at radius 3 is 2.59 bits per heavy atom. The topological polar surface area (TPSA) is 85.9 Å². The first-order valence-corrected chi connectivity index (χ1v) is 12.5. The van der Waals surface area contributed by atoms with Crippen LogP contribution in [-0.2, 0) is 4.79 Å². The van der Waals surface area contributed by atoms with E-state index in [0.29, 0.717) is 23.9 Å². The maximum absolute atomic E-state index is 12.1. The largest absolute Gasteiger partial charge is 0.437 e. The van der Waals surface area contributed by atoms with Gasteiger partial charge in [-0.1, -0.05) is 23.7 Å². The number of hydrogen-bond acceptors (Lipinski definition) is 8. The van der Waals surface area contributed by atoms with Gasteiger partial charge in [-0.3, -0.25) is 4.79 Å². The molecule has 1 aliphatic rings. The molecule has 0 spiro atoms. The van der Waals surface area contributed by atoms with Gasteiger partial charge in [0, 0.05) is 61.9 Å². The summed E-state index contributed by atoms with van der Waals surface area (Å²) in [7, 11) is 6.02. The van der Waals surface area contributed by atoms with Gasteiger partial charge in [0.25, 0.3) is 0 Å². The summed E-state index contributed by atoms with van der Waals surface area (Å²) in [5, 5.41) is 6.30. The second-order valence-corrected chi connectivity index (χ2v) is 9.50. The third-order valence-corrected chi connectivity index (χ3v) is 6.02. The average Bonchev–Trinajstić information content (AvgIpc) is 2.87. The first kappa shape index (κ1) is 26.4. The van der Waals surface area contributed by atoms with Gasteiger partial charge in [-0.15, -0.1) is 0 Å². The Balaban J connectivity index is 1.39. The van der Waals surface area contributed by atoms with Crippen molar-refractivity contribution in [1.82, 2.24) is 19.8 Å². The van der Waals surface area contributed by atoms with Crippen molar-refractivity contribution in [3.05, 3.63) is 71.9 Å². The molecular weight excluding hydrogens is 490 g/mol. The van der Waals surface area contributed by atoms with Gasteiger partial charge in [-0.2, -0.15) is 4.98 Å². The van der Waals surface area contributed by atoms with Crippen LogP contribution in [0.1, 0.15) is 0 Å². The lowest BCUT2D eigenvalue weighted by Crippen LogP contribution is -2.44. The van der Waals surface area contributed by atoms with Crippen LogP contribution in [0.5, 0.6) is 11.6 Å². The molecule has 1 amide bonds. The molecule has 37 heavy (non-hydrogen) atoms. The number of aromatic nitrogens is 2. The predicted molar refractivity (Wildman–Crippen MR) is 149 cm³/mol. The molecular formula is C27H32ClN7O2. The number of nitrogens with zero attached hydrogens (tertiary/aromatic N) is 5. The monoisotopic (exact) mass is 521 g/mol. The number of nitrogens with one attached hydrogen (secondary N) is 2. The van der Waals surface area contributed by atoms with Crippen molar-refractivity contribution in [2.24, 2.45) is 0 Å². The summed E-state index contributed by atoms with van der Waals surface area (Å²) in [6, 6.07) is 15.2. The molecule has 0 atom stereocenters. The second kappa shape index (κ2) is 12.5. The molecule has 0 unspecified atom stereocenters. The van der Waals surface area contributed by atoms with E-state index in [1.54, 1.807) is 30.3 Å². The second-order valence-electron chi connectivity index (χ2n) is 9.09. The van der Waals surface area contributed by atoms with Crippen LogP contribution < -0.4 is 20.3 Å². The lowest BCUT2D eigenvalue weighted by molar-refractivity contribution is -0.111. The van der Waals surface area contributed by atoms with Gasteiger partial charge in [-0.25, -0.2) is 4.98 Å². The summed E-state index contributed by atoms with van der Waals surface area (Å²) >= 11 is 6.30. The fourth-order valence-corrected chi connectivity index (χ4v) is 3.87. The van der Waals surface area contributed by atoms with E-state index in [1.807, 2.05) is 31.1 Å². The highest BCUT2D eigenvalue weighted by Crippen LogP contribution is 2.30. The van der Waals surface area contributed by atoms with Gasteiger partial charge in [0.05, 0.1) is 6.20 Å². The molecule has 4 rings (SSSR count). The van der Waals surface area contributed by atoms with Crippen molar-refractivity contribution >= 4 is 40.5 Å². The normalized spacial score (nSPS) is 14.2. The highest BCUT2D eigenvalue weighted by atomic mass is 35.5. The quantitative estimate of drug-likeness (QED) is 0.399. The summed E-state index contributed by atoms with van der Waals surface area (Å²) < 4.78 is 5.92. The minimum absolute atomic E-state index is 0.211. The van der Waals surface area contributed by atoms with Gasteiger partial charge in [0.15, 0.2) is 0 Å². The van der Waals surface area contributed by atoms with E-state index >= 15 is 0 Å². The maximum atomic E-state index is 12.1. The lowest BCUT2D eigenvalue weighted by atomic mass is 10.2. The summed E-state index contributed by atoms with van der Waals surface area (Å²) in [5.74, 6) is 0.840. The van der Waals surface area contributed by atoms with E-state index in [1.165, 1.54) is 18.0 Å². The minimum Gasteiger partial charge on any atom is -0.437 e. The van der Waals surface area contributed by atoms with Crippen molar-refractivity contribution in [2.45, 2.75) is 0 Å². The van der Waals surface area contributed by atoms with E-state index in [9.17, 15) is 4.79 Å². The molecule has 2 heterocycles. The van der Waals surface area contributed by atoms with Crippen molar-refractivity contribution in [2.75, 3.05) is 69.4 Å². The van der Waals surface area contributed by atoms with Crippen LogP contribution in [0.15, 0.2) is 66.9 Å². The standard InChI is InChI=1S/C27H32ClN7O2/c1-33(2)13-5-8-25(36)30-21-6-4-7-23(18-21)37-26-24(28)19-29-27(32-26)31-20-9-11-22(12-10-20)35-16-14-34(3)15-17-35/h4-12,18-19H,13-17H2,1-3H3,(H,30,36)(H,29,31,32)/b8-5+. The number of carbonyl (C=O) groups excluding carboxylic acids is 1. The van der Waals surface area contributed by atoms with Crippen LogP contribution in [0, 0.1) is 0 Å². The third-order valence-electron chi connectivity index (χ3n) is 5.76. The molecule has 194 valence electrons. The van der Waals surface area contributed by atoms with Crippen molar-refractivity contribution < 1.29 is 9.53 Å². The van der Waals surface area contributed by atoms with Crippen molar-refractivity contribution in [1.29, 1.82) is 0 Å². The highest BCUT2D eigenvalue weighted by Gasteiger charge is 2.14. The zero-order chi connectivity index (χ0) is 26.2. The first-order chi connectivity index (χ1) is 17.9. The Bertz CT molecular complexity index is 1230. The van der Waals surface area contributed by atoms with Crippen LogP contribution in [0.4, 0.5) is 23.0 Å². The number of ether oxygens (including phenoxy) is 1. The number of likely N-dealkylation sites (N-methyl/N-ethyl adjacent to an activating group) is 2. The molecule has 0 radical (unpaired) electrons. The van der Waals surface area contributed by atoms with Crippen LogP contribution >= 0.6 is 11.6 Å².